The molecule has 0 heterocycles. The van der Waals surface area contributed by atoms with Crippen molar-refractivity contribution in [3.8, 4) is 0 Å². The van der Waals surface area contributed by atoms with Gasteiger partial charge >= 0.3 is 0 Å². The summed E-state index contributed by atoms with van der Waals surface area (Å²) in [6.45, 7) is 0. The summed E-state index contributed by atoms with van der Waals surface area (Å²) >= 11 is 0. The quantitative estimate of drug-likeness (QED) is 0.643. The molecule has 0 spiro atoms. The third kappa shape index (κ3) is 3.08. The van der Waals surface area contributed by atoms with E-state index < -0.39 is 4.92 Å². The van der Waals surface area contributed by atoms with Gasteiger partial charge in [-0.05, 0) is 29.5 Å². The Bertz CT molecular complexity index is 740. The predicted molar refractivity (Wildman–Crippen MR) is 87.1 cm³/mol. The molecule has 1 atom stereocenters. The molecule has 1 amide bonds. The van der Waals surface area contributed by atoms with Gasteiger partial charge in [-0.2, -0.15) is 0 Å². The largest absolute Gasteiger partial charge is 0.338 e. The highest BCUT2D eigenvalue weighted by molar-refractivity contribution is 5.79. The van der Waals surface area contributed by atoms with E-state index in [9.17, 15) is 14.9 Å². The lowest BCUT2D eigenvalue weighted by atomic mass is 10.1. The number of likely N-dealkylation sites (N-methyl/N-ethyl adjacent to an activating group) is 1. The first-order chi connectivity index (χ1) is 11.1. The molecule has 0 saturated carbocycles. The van der Waals surface area contributed by atoms with Crippen LogP contribution in [-0.4, -0.2) is 22.8 Å². The van der Waals surface area contributed by atoms with Crippen molar-refractivity contribution < 1.29 is 9.72 Å². The van der Waals surface area contributed by atoms with E-state index in [1.807, 2.05) is 19.2 Å². The van der Waals surface area contributed by atoms with Crippen molar-refractivity contribution in [3.05, 3.63) is 75.3 Å². The smallest absolute Gasteiger partial charge is 0.269 e. The molecule has 0 fully saturated rings. The van der Waals surface area contributed by atoms with Gasteiger partial charge in [-0.1, -0.05) is 36.4 Å². The molecule has 1 aliphatic rings. The van der Waals surface area contributed by atoms with Crippen molar-refractivity contribution in [2.24, 2.45) is 0 Å². The predicted octanol–water partition coefficient (Wildman–Crippen LogP) is 3.28. The summed E-state index contributed by atoms with van der Waals surface area (Å²) in [4.78, 5) is 24.5. The summed E-state index contributed by atoms with van der Waals surface area (Å²) in [6, 6.07) is 14.5. The number of amides is 1. The second-order valence-electron chi connectivity index (χ2n) is 5.86. The number of nitro benzene ring substituents is 1. The van der Waals surface area contributed by atoms with E-state index >= 15 is 0 Å². The number of carbonyl (C=O) groups excluding carboxylic acids is 1. The van der Waals surface area contributed by atoms with Crippen molar-refractivity contribution in [3.63, 3.8) is 0 Å². The number of aryl methyl sites for hydroxylation is 1. The van der Waals surface area contributed by atoms with E-state index in [1.165, 1.54) is 23.3 Å². The molecular formula is C18H18N2O3. The van der Waals surface area contributed by atoms with Crippen molar-refractivity contribution in [2.45, 2.75) is 25.3 Å². The number of carbonyl (C=O) groups is 1. The summed E-state index contributed by atoms with van der Waals surface area (Å²) < 4.78 is 0. The minimum atomic E-state index is -0.437. The van der Waals surface area contributed by atoms with Crippen LogP contribution in [0.25, 0.3) is 0 Å². The lowest BCUT2D eigenvalue weighted by Crippen LogP contribution is -2.31. The molecule has 2 aromatic carbocycles. The van der Waals surface area contributed by atoms with Crippen LogP contribution < -0.4 is 0 Å². The fourth-order valence-electron chi connectivity index (χ4n) is 3.15. The maximum atomic E-state index is 12.5. The maximum absolute atomic E-state index is 12.5. The average molecular weight is 310 g/mol. The molecule has 0 aliphatic heterocycles. The monoisotopic (exact) mass is 310 g/mol. The highest BCUT2D eigenvalue weighted by Gasteiger charge is 2.28. The number of nitrogens with zero attached hydrogens (tertiary/aromatic N) is 2. The highest BCUT2D eigenvalue weighted by Crippen LogP contribution is 2.35. The summed E-state index contributed by atoms with van der Waals surface area (Å²) in [5.74, 6) is 0.0283. The minimum absolute atomic E-state index is 0.0283. The summed E-state index contributed by atoms with van der Waals surface area (Å²) in [5, 5.41) is 10.7. The second kappa shape index (κ2) is 6.20. The number of hydrogen-bond acceptors (Lipinski definition) is 3. The molecule has 0 bridgehead atoms. The Morgan fingerprint density at radius 3 is 2.61 bits per heavy atom. The van der Waals surface area contributed by atoms with Crippen molar-refractivity contribution in [1.29, 1.82) is 0 Å². The number of fused-ring (bicyclic) bond motifs is 1. The molecular weight excluding hydrogens is 292 g/mol. The minimum Gasteiger partial charge on any atom is -0.338 e. The van der Waals surface area contributed by atoms with Gasteiger partial charge in [0.25, 0.3) is 5.69 Å². The second-order valence-corrected chi connectivity index (χ2v) is 5.86. The van der Waals surface area contributed by atoms with Gasteiger partial charge in [-0.15, -0.1) is 0 Å². The first-order valence-electron chi connectivity index (χ1n) is 7.63. The highest BCUT2D eigenvalue weighted by atomic mass is 16.6. The lowest BCUT2D eigenvalue weighted by Gasteiger charge is -2.25. The fourth-order valence-corrected chi connectivity index (χ4v) is 3.15. The van der Waals surface area contributed by atoms with Gasteiger partial charge in [-0.3, -0.25) is 14.9 Å². The average Bonchev–Trinajstić information content (AvgIpc) is 2.98. The molecule has 2 aromatic rings. The van der Waals surface area contributed by atoms with E-state index in [0.29, 0.717) is 0 Å². The Morgan fingerprint density at radius 1 is 1.22 bits per heavy atom. The molecule has 5 heteroatoms. The molecule has 0 N–H and O–H groups in total. The van der Waals surface area contributed by atoms with Crippen LogP contribution in [0, 0.1) is 10.1 Å². The SMILES string of the molecule is CN(C(=O)Cc1ccc([N+](=O)[O-])cc1)C1CCc2ccccc21. The Labute approximate surface area is 134 Å². The van der Waals surface area contributed by atoms with Gasteiger partial charge < -0.3 is 4.90 Å². The summed E-state index contributed by atoms with van der Waals surface area (Å²) in [6.07, 6.45) is 2.20. The van der Waals surface area contributed by atoms with Crippen LogP contribution in [-0.2, 0) is 17.6 Å². The number of nitro groups is 1. The topological polar surface area (TPSA) is 63.5 Å². The van der Waals surface area contributed by atoms with Crippen LogP contribution in [0.1, 0.15) is 29.2 Å². The molecule has 23 heavy (non-hydrogen) atoms. The Morgan fingerprint density at radius 2 is 1.91 bits per heavy atom. The van der Waals surface area contributed by atoms with E-state index in [4.69, 9.17) is 0 Å². The van der Waals surface area contributed by atoms with Gasteiger partial charge in [0.1, 0.15) is 0 Å². The maximum Gasteiger partial charge on any atom is 0.269 e. The Kier molecular flexibility index (Phi) is 4.10. The number of rotatable bonds is 4. The van der Waals surface area contributed by atoms with Crippen LogP contribution >= 0.6 is 0 Å². The molecule has 118 valence electrons. The fraction of sp³-hybridized carbons (Fsp3) is 0.278. The molecule has 0 radical (unpaired) electrons. The van der Waals surface area contributed by atoms with Gasteiger partial charge in [-0.25, -0.2) is 0 Å². The van der Waals surface area contributed by atoms with Crippen LogP contribution in [0.5, 0.6) is 0 Å². The zero-order valence-electron chi connectivity index (χ0n) is 12.9. The molecule has 1 unspecified atom stereocenters. The van der Waals surface area contributed by atoms with Gasteiger partial charge in [0.05, 0.1) is 17.4 Å². The number of benzene rings is 2. The van der Waals surface area contributed by atoms with Gasteiger partial charge in [0, 0.05) is 19.2 Å². The zero-order chi connectivity index (χ0) is 16.4. The van der Waals surface area contributed by atoms with Crippen LogP contribution in [0.2, 0.25) is 0 Å². The Hall–Kier alpha value is -2.69. The normalized spacial score (nSPS) is 16.0. The Balaban J connectivity index is 1.70. The zero-order valence-corrected chi connectivity index (χ0v) is 12.9. The molecule has 0 aromatic heterocycles. The van der Waals surface area contributed by atoms with Crippen LogP contribution in [0.4, 0.5) is 5.69 Å². The molecule has 5 nitrogen and oxygen atoms in total. The van der Waals surface area contributed by atoms with Gasteiger partial charge in [0.2, 0.25) is 5.91 Å². The van der Waals surface area contributed by atoms with Gasteiger partial charge in [0.15, 0.2) is 0 Å². The molecule has 1 aliphatic carbocycles. The van der Waals surface area contributed by atoms with E-state index in [0.717, 1.165) is 18.4 Å². The number of non-ortho nitro benzene ring substituents is 1. The van der Waals surface area contributed by atoms with Crippen molar-refractivity contribution in [2.75, 3.05) is 7.05 Å². The van der Waals surface area contributed by atoms with Crippen molar-refractivity contribution >= 4 is 11.6 Å². The van der Waals surface area contributed by atoms with E-state index in [-0.39, 0.29) is 24.1 Å². The van der Waals surface area contributed by atoms with E-state index in [1.54, 1.807) is 17.0 Å². The summed E-state index contributed by atoms with van der Waals surface area (Å²) in [7, 11) is 1.83. The summed E-state index contributed by atoms with van der Waals surface area (Å²) in [5.41, 5.74) is 3.37. The first kappa shape index (κ1) is 15.2. The van der Waals surface area contributed by atoms with Crippen LogP contribution in [0.15, 0.2) is 48.5 Å². The first-order valence-corrected chi connectivity index (χ1v) is 7.63. The van der Waals surface area contributed by atoms with Crippen molar-refractivity contribution in [1.82, 2.24) is 4.90 Å². The third-order valence-electron chi connectivity index (χ3n) is 4.46. The molecule has 0 saturated heterocycles. The molecule has 3 rings (SSSR count). The third-order valence-corrected chi connectivity index (χ3v) is 4.46. The lowest BCUT2D eigenvalue weighted by molar-refractivity contribution is -0.384. The van der Waals surface area contributed by atoms with E-state index in [2.05, 4.69) is 12.1 Å². The number of hydrogen-bond donors (Lipinski definition) is 0. The standard InChI is InChI=1S/C18H18N2O3/c1-19(17-11-8-14-4-2-3-5-16(14)17)18(21)12-13-6-9-15(10-7-13)20(22)23/h2-7,9-10,17H,8,11-12H2,1H3. The van der Waals surface area contributed by atoms with Crippen LogP contribution in [0.3, 0.4) is 0 Å².